The number of sulfonamides is 1. The number of fused-ring (bicyclic) bond motifs is 1. The Kier molecular flexibility index (Phi) is 7.55. The molecule has 1 saturated heterocycles. The summed E-state index contributed by atoms with van der Waals surface area (Å²) in [7, 11) is -3.63. The van der Waals surface area contributed by atoms with Gasteiger partial charge in [-0.15, -0.1) is 11.3 Å². The molecule has 0 aliphatic carbocycles. The lowest BCUT2D eigenvalue weighted by Gasteiger charge is -2.26. The van der Waals surface area contributed by atoms with Gasteiger partial charge in [-0.2, -0.15) is 4.31 Å². The molecule has 1 aliphatic rings. The van der Waals surface area contributed by atoms with E-state index in [1.807, 2.05) is 25.1 Å². The van der Waals surface area contributed by atoms with Crippen molar-refractivity contribution in [2.45, 2.75) is 28.3 Å². The molecule has 1 atom stereocenters. The van der Waals surface area contributed by atoms with Crippen molar-refractivity contribution in [2.24, 2.45) is 0 Å². The van der Waals surface area contributed by atoms with E-state index in [2.05, 4.69) is 10.3 Å². The first-order valence-corrected chi connectivity index (χ1v) is 13.7. The normalized spacial score (nSPS) is 15.9. The molecule has 11 heteroatoms. The van der Waals surface area contributed by atoms with Crippen molar-refractivity contribution in [3.05, 3.63) is 42.5 Å². The Morgan fingerprint density at radius 2 is 2.06 bits per heavy atom. The fourth-order valence-corrected chi connectivity index (χ4v) is 7.00. The van der Waals surface area contributed by atoms with Crippen molar-refractivity contribution in [1.29, 1.82) is 0 Å². The molecule has 0 radical (unpaired) electrons. The zero-order valence-electron chi connectivity index (χ0n) is 18.3. The van der Waals surface area contributed by atoms with E-state index in [1.165, 1.54) is 39.5 Å². The van der Waals surface area contributed by atoms with Crippen LogP contribution < -0.4 is 10.1 Å². The van der Waals surface area contributed by atoms with E-state index in [9.17, 15) is 13.2 Å². The molecule has 0 bridgehead atoms. The molecule has 4 rings (SSSR count). The van der Waals surface area contributed by atoms with E-state index in [0.717, 1.165) is 20.3 Å². The van der Waals surface area contributed by atoms with Gasteiger partial charge in [0.15, 0.2) is 4.34 Å². The van der Waals surface area contributed by atoms with E-state index in [4.69, 9.17) is 9.47 Å². The smallest absolute Gasteiger partial charge is 0.243 e. The van der Waals surface area contributed by atoms with Gasteiger partial charge in [0, 0.05) is 18.8 Å². The Morgan fingerprint density at radius 3 is 2.82 bits per heavy atom. The number of hydrogen-bond donors (Lipinski definition) is 1. The van der Waals surface area contributed by atoms with Crippen LogP contribution in [0.4, 0.5) is 5.69 Å². The van der Waals surface area contributed by atoms with Gasteiger partial charge in [-0.25, -0.2) is 13.4 Å². The Bertz CT molecular complexity index is 1240. The first-order chi connectivity index (χ1) is 15.9. The van der Waals surface area contributed by atoms with Gasteiger partial charge in [-0.3, -0.25) is 4.79 Å². The molecule has 0 spiro atoms. The van der Waals surface area contributed by atoms with Gasteiger partial charge in [-0.05, 0) is 50.2 Å². The molecule has 2 aromatic carbocycles. The summed E-state index contributed by atoms with van der Waals surface area (Å²) < 4.78 is 39.7. The van der Waals surface area contributed by atoms with Gasteiger partial charge in [0.2, 0.25) is 15.9 Å². The number of thiazole rings is 1. The lowest BCUT2D eigenvalue weighted by Crippen LogP contribution is -2.40. The van der Waals surface area contributed by atoms with Crippen molar-refractivity contribution < 1.29 is 22.7 Å². The molecular formula is C22H25N3O5S3. The third kappa shape index (κ3) is 5.67. The second kappa shape index (κ2) is 10.4. The van der Waals surface area contributed by atoms with Gasteiger partial charge >= 0.3 is 0 Å². The van der Waals surface area contributed by atoms with Gasteiger partial charge in [-0.1, -0.05) is 17.8 Å². The number of morpholine rings is 1. The van der Waals surface area contributed by atoms with Gasteiger partial charge in [0.25, 0.3) is 0 Å². The second-order valence-electron chi connectivity index (χ2n) is 7.34. The highest BCUT2D eigenvalue weighted by molar-refractivity contribution is 8.02. The third-order valence-electron chi connectivity index (χ3n) is 5.01. The fourth-order valence-electron chi connectivity index (χ4n) is 3.31. The standard InChI is InChI=1S/C22H25N3O5S3/c1-3-30-17-7-8-19-20(14-17)32-22(24-19)31-15(2)21(26)23-16-5-4-6-18(13-16)33(27,28)25-9-11-29-12-10-25/h4-8,13-15H,3,9-12H2,1-2H3,(H,23,26). The number of amides is 1. The average Bonchev–Trinajstić information content (AvgIpc) is 3.21. The van der Waals surface area contributed by atoms with Crippen LogP contribution in [0.1, 0.15) is 13.8 Å². The van der Waals surface area contributed by atoms with Crippen LogP contribution in [0.15, 0.2) is 51.7 Å². The van der Waals surface area contributed by atoms with Crippen LogP contribution in [0.2, 0.25) is 0 Å². The van der Waals surface area contributed by atoms with Gasteiger partial charge in [0.05, 0.1) is 40.2 Å². The Labute approximate surface area is 201 Å². The maximum atomic E-state index is 12.9. The number of ether oxygens (including phenoxy) is 2. The Balaban J connectivity index is 1.43. The molecule has 1 N–H and O–H groups in total. The van der Waals surface area contributed by atoms with Gasteiger partial charge in [0.1, 0.15) is 5.75 Å². The van der Waals surface area contributed by atoms with Crippen LogP contribution >= 0.6 is 23.1 Å². The van der Waals surface area contributed by atoms with Crippen molar-refractivity contribution in [3.63, 3.8) is 0 Å². The fraction of sp³-hybridized carbons (Fsp3) is 0.364. The topological polar surface area (TPSA) is 97.8 Å². The number of aromatic nitrogens is 1. The number of carbonyl (C=O) groups is 1. The summed E-state index contributed by atoms with van der Waals surface area (Å²) in [5, 5.41) is 2.41. The second-order valence-corrected chi connectivity index (χ2v) is 11.9. The largest absolute Gasteiger partial charge is 0.494 e. The maximum Gasteiger partial charge on any atom is 0.243 e. The van der Waals surface area contributed by atoms with E-state index in [-0.39, 0.29) is 10.8 Å². The van der Waals surface area contributed by atoms with Crippen LogP contribution in [-0.4, -0.2) is 61.8 Å². The zero-order valence-corrected chi connectivity index (χ0v) is 20.8. The SMILES string of the molecule is CCOc1ccc2nc(SC(C)C(=O)Nc3cccc(S(=O)(=O)N4CCOCC4)c3)sc2c1. The summed E-state index contributed by atoms with van der Waals surface area (Å²) in [5.74, 6) is 0.568. The van der Waals surface area contributed by atoms with Crippen molar-refractivity contribution in [1.82, 2.24) is 9.29 Å². The predicted octanol–water partition coefficient (Wildman–Crippen LogP) is 3.84. The lowest BCUT2D eigenvalue weighted by molar-refractivity contribution is -0.115. The molecule has 1 aliphatic heterocycles. The molecule has 3 aromatic rings. The number of benzene rings is 2. The molecular weight excluding hydrogens is 482 g/mol. The summed E-state index contributed by atoms with van der Waals surface area (Å²) in [6.07, 6.45) is 0. The van der Waals surface area contributed by atoms with Crippen molar-refractivity contribution in [3.8, 4) is 5.75 Å². The minimum atomic E-state index is -3.63. The molecule has 8 nitrogen and oxygen atoms in total. The minimum Gasteiger partial charge on any atom is -0.494 e. The van der Waals surface area contributed by atoms with Crippen LogP contribution in [0.3, 0.4) is 0 Å². The molecule has 1 aromatic heterocycles. The van der Waals surface area contributed by atoms with Crippen molar-refractivity contribution >= 4 is 54.9 Å². The van der Waals surface area contributed by atoms with Crippen LogP contribution in [0.25, 0.3) is 10.2 Å². The van der Waals surface area contributed by atoms with Crippen LogP contribution in [-0.2, 0) is 19.6 Å². The van der Waals surface area contributed by atoms with E-state index >= 15 is 0 Å². The number of anilines is 1. The van der Waals surface area contributed by atoms with Crippen molar-refractivity contribution in [2.75, 3.05) is 38.2 Å². The highest BCUT2D eigenvalue weighted by Crippen LogP contribution is 2.34. The number of hydrogen-bond acceptors (Lipinski definition) is 8. The highest BCUT2D eigenvalue weighted by Gasteiger charge is 2.26. The number of carbonyl (C=O) groups excluding carboxylic acids is 1. The van der Waals surface area contributed by atoms with E-state index in [0.29, 0.717) is 38.6 Å². The highest BCUT2D eigenvalue weighted by atomic mass is 32.2. The summed E-state index contributed by atoms with van der Waals surface area (Å²) in [6.45, 7) is 5.73. The molecule has 2 heterocycles. The van der Waals surface area contributed by atoms with Crippen LogP contribution in [0.5, 0.6) is 5.75 Å². The van der Waals surface area contributed by atoms with E-state index < -0.39 is 15.3 Å². The third-order valence-corrected chi connectivity index (χ3v) is 9.11. The molecule has 1 unspecified atom stereocenters. The first-order valence-electron chi connectivity index (χ1n) is 10.6. The quantitative estimate of drug-likeness (QED) is 0.463. The molecule has 1 fully saturated rings. The molecule has 33 heavy (non-hydrogen) atoms. The summed E-state index contributed by atoms with van der Waals surface area (Å²) >= 11 is 2.87. The zero-order chi connectivity index (χ0) is 23.4. The first kappa shape index (κ1) is 24.0. The lowest BCUT2D eigenvalue weighted by atomic mass is 10.3. The minimum absolute atomic E-state index is 0.152. The summed E-state index contributed by atoms with van der Waals surface area (Å²) in [4.78, 5) is 17.5. The van der Waals surface area contributed by atoms with Gasteiger partial charge < -0.3 is 14.8 Å². The number of rotatable bonds is 8. The number of nitrogens with zero attached hydrogens (tertiary/aromatic N) is 2. The molecule has 1 amide bonds. The number of thioether (sulfide) groups is 1. The predicted molar refractivity (Wildman–Crippen MR) is 131 cm³/mol. The monoisotopic (exact) mass is 507 g/mol. The average molecular weight is 508 g/mol. The van der Waals surface area contributed by atoms with E-state index in [1.54, 1.807) is 19.1 Å². The molecule has 0 saturated carbocycles. The molecule has 176 valence electrons. The van der Waals surface area contributed by atoms with Crippen LogP contribution in [0, 0.1) is 0 Å². The Hall–Kier alpha value is -2.18. The summed E-state index contributed by atoms with van der Waals surface area (Å²) in [5.41, 5.74) is 1.30. The summed E-state index contributed by atoms with van der Waals surface area (Å²) in [6, 6.07) is 12.1. The maximum absolute atomic E-state index is 12.9. The Morgan fingerprint density at radius 1 is 1.27 bits per heavy atom. The number of nitrogens with one attached hydrogen (secondary N) is 1.